The van der Waals surface area contributed by atoms with Crippen LogP contribution in [0, 0.1) is 6.92 Å². The van der Waals surface area contributed by atoms with Gasteiger partial charge in [-0.3, -0.25) is 4.79 Å². The third-order valence-electron chi connectivity index (χ3n) is 4.15. The van der Waals surface area contributed by atoms with Crippen molar-refractivity contribution in [1.29, 1.82) is 0 Å². The molecule has 0 saturated carbocycles. The number of fused-ring (bicyclic) bond motifs is 1. The second-order valence-electron chi connectivity index (χ2n) is 5.58. The summed E-state index contributed by atoms with van der Waals surface area (Å²) < 4.78 is 5.52. The molecule has 1 N–H and O–H groups in total. The molecule has 0 aliphatic heterocycles. The van der Waals surface area contributed by atoms with Crippen LogP contribution < -0.4 is 15.8 Å². The average Bonchev–Trinajstić information content (AvgIpc) is 2.51. The largest absolute Gasteiger partial charge is 0.422 e. The predicted molar refractivity (Wildman–Crippen MR) is 93.2 cm³/mol. The average molecular weight is 316 g/mol. The Morgan fingerprint density at radius 1 is 1.26 bits per heavy atom. The zero-order valence-electron chi connectivity index (χ0n) is 14.2. The van der Waals surface area contributed by atoms with Crippen molar-refractivity contribution in [2.75, 3.05) is 24.5 Å². The quantitative estimate of drug-likeness (QED) is 0.832. The highest BCUT2D eigenvalue weighted by Crippen LogP contribution is 2.25. The van der Waals surface area contributed by atoms with Gasteiger partial charge in [0.05, 0.1) is 0 Å². The summed E-state index contributed by atoms with van der Waals surface area (Å²) in [6, 6.07) is 5.98. The van der Waals surface area contributed by atoms with Crippen LogP contribution in [0.15, 0.2) is 27.4 Å². The Morgan fingerprint density at radius 3 is 2.57 bits per heavy atom. The number of nitrogens with one attached hydrogen (secondary N) is 1. The fraction of sp³-hybridized carbons (Fsp3) is 0.444. The van der Waals surface area contributed by atoms with Crippen LogP contribution >= 0.6 is 0 Å². The van der Waals surface area contributed by atoms with E-state index in [2.05, 4.69) is 30.1 Å². The minimum atomic E-state index is -0.322. The highest BCUT2D eigenvalue weighted by molar-refractivity contribution is 5.84. The van der Waals surface area contributed by atoms with Crippen LogP contribution in [0.25, 0.3) is 11.0 Å². The number of carbonyl (C=O) groups excluding carboxylic acids is 1. The zero-order chi connectivity index (χ0) is 17.0. The van der Waals surface area contributed by atoms with Gasteiger partial charge in [-0.15, -0.1) is 0 Å². The number of nitrogens with zero attached hydrogens (tertiary/aromatic N) is 1. The molecule has 1 amide bonds. The molecular formula is C18H24N2O3. The SMILES string of the molecule is CCN(CC)c1ccc2c(C)c(CCNC(C)=O)c(=O)oc2c1. The fourth-order valence-corrected chi connectivity index (χ4v) is 2.82. The van der Waals surface area contributed by atoms with Crippen LogP contribution in [0.3, 0.4) is 0 Å². The maximum Gasteiger partial charge on any atom is 0.339 e. The number of amides is 1. The smallest absolute Gasteiger partial charge is 0.339 e. The lowest BCUT2D eigenvalue weighted by atomic mass is 10.0. The van der Waals surface area contributed by atoms with E-state index in [1.54, 1.807) is 0 Å². The Kier molecular flexibility index (Phi) is 5.42. The third-order valence-corrected chi connectivity index (χ3v) is 4.15. The minimum absolute atomic E-state index is 0.100. The Hall–Kier alpha value is -2.30. The van der Waals surface area contributed by atoms with E-state index in [-0.39, 0.29) is 11.5 Å². The second kappa shape index (κ2) is 7.31. The third kappa shape index (κ3) is 3.73. The highest BCUT2D eigenvalue weighted by atomic mass is 16.4. The van der Waals surface area contributed by atoms with Crippen LogP contribution in [-0.4, -0.2) is 25.5 Å². The molecule has 5 nitrogen and oxygen atoms in total. The van der Waals surface area contributed by atoms with Gasteiger partial charge in [-0.25, -0.2) is 4.79 Å². The van der Waals surface area contributed by atoms with Crippen molar-refractivity contribution in [3.05, 3.63) is 39.7 Å². The van der Waals surface area contributed by atoms with Crippen molar-refractivity contribution >= 4 is 22.6 Å². The van der Waals surface area contributed by atoms with Gasteiger partial charge in [-0.05, 0) is 44.9 Å². The maximum absolute atomic E-state index is 12.3. The number of aryl methyl sites for hydroxylation is 1. The topological polar surface area (TPSA) is 62.6 Å². The molecule has 0 saturated heterocycles. The lowest BCUT2D eigenvalue weighted by molar-refractivity contribution is -0.118. The van der Waals surface area contributed by atoms with Crippen LogP contribution in [0.4, 0.5) is 5.69 Å². The molecule has 1 aromatic heterocycles. The van der Waals surface area contributed by atoms with Crippen molar-refractivity contribution in [2.45, 2.75) is 34.1 Å². The van der Waals surface area contributed by atoms with Crippen LogP contribution in [0.2, 0.25) is 0 Å². The number of hydrogen-bond donors (Lipinski definition) is 1. The van der Waals surface area contributed by atoms with Crippen molar-refractivity contribution < 1.29 is 9.21 Å². The second-order valence-corrected chi connectivity index (χ2v) is 5.58. The van der Waals surface area contributed by atoms with E-state index in [1.807, 2.05) is 19.1 Å². The van der Waals surface area contributed by atoms with Crippen molar-refractivity contribution in [3.63, 3.8) is 0 Å². The molecule has 0 spiro atoms. The predicted octanol–water partition coefficient (Wildman–Crippen LogP) is 2.63. The first-order chi connectivity index (χ1) is 11.0. The summed E-state index contributed by atoms with van der Waals surface area (Å²) in [7, 11) is 0. The Balaban J connectivity index is 2.41. The van der Waals surface area contributed by atoms with Gasteiger partial charge in [0.25, 0.3) is 0 Å². The summed E-state index contributed by atoms with van der Waals surface area (Å²) in [6.45, 7) is 9.83. The normalized spacial score (nSPS) is 10.8. The van der Waals surface area contributed by atoms with Crippen molar-refractivity contribution in [1.82, 2.24) is 5.32 Å². The number of anilines is 1. The van der Waals surface area contributed by atoms with Gasteiger partial charge in [-0.2, -0.15) is 0 Å². The Labute approximate surface area is 136 Å². The number of rotatable bonds is 6. The van der Waals surface area contributed by atoms with E-state index in [1.165, 1.54) is 6.92 Å². The molecule has 124 valence electrons. The van der Waals surface area contributed by atoms with Gasteiger partial charge < -0.3 is 14.6 Å². The Bertz CT molecular complexity index is 761. The number of benzene rings is 1. The monoisotopic (exact) mass is 316 g/mol. The van der Waals surface area contributed by atoms with E-state index in [0.717, 1.165) is 29.7 Å². The van der Waals surface area contributed by atoms with Gasteiger partial charge in [0, 0.05) is 49.3 Å². The van der Waals surface area contributed by atoms with E-state index in [0.29, 0.717) is 24.1 Å². The van der Waals surface area contributed by atoms with E-state index < -0.39 is 0 Å². The molecular weight excluding hydrogens is 292 g/mol. The lowest BCUT2D eigenvalue weighted by Crippen LogP contribution is -2.25. The summed E-state index contributed by atoms with van der Waals surface area (Å²) in [5.41, 5.74) is 2.89. The summed E-state index contributed by atoms with van der Waals surface area (Å²) in [5.74, 6) is -0.100. The summed E-state index contributed by atoms with van der Waals surface area (Å²) in [5, 5.41) is 3.65. The number of carbonyl (C=O) groups is 1. The molecule has 2 aromatic rings. The molecule has 1 aromatic carbocycles. The van der Waals surface area contributed by atoms with Crippen molar-refractivity contribution in [3.8, 4) is 0 Å². The molecule has 0 aliphatic rings. The molecule has 23 heavy (non-hydrogen) atoms. The van der Waals surface area contributed by atoms with Gasteiger partial charge in [-0.1, -0.05) is 0 Å². The van der Waals surface area contributed by atoms with Gasteiger partial charge in [0.15, 0.2) is 0 Å². The molecule has 5 heteroatoms. The van der Waals surface area contributed by atoms with Crippen LogP contribution in [0.5, 0.6) is 0 Å². The molecule has 0 aliphatic carbocycles. The van der Waals surface area contributed by atoms with Gasteiger partial charge in [0.1, 0.15) is 5.58 Å². The highest BCUT2D eigenvalue weighted by Gasteiger charge is 2.13. The molecule has 1 heterocycles. The van der Waals surface area contributed by atoms with Crippen LogP contribution in [-0.2, 0) is 11.2 Å². The zero-order valence-corrected chi connectivity index (χ0v) is 14.2. The minimum Gasteiger partial charge on any atom is -0.422 e. The number of hydrogen-bond acceptors (Lipinski definition) is 4. The molecule has 0 radical (unpaired) electrons. The standard InChI is InChI=1S/C18H24N2O3/c1-5-20(6-2)14-7-8-15-12(3)16(9-10-19-13(4)21)18(22)23-17(15)11-14/h7-8,11H,5-6,9-10H2,1-4H3,(H,19,21). The van der Waals surface area contributed by atoms with Gasteiger partial charge >= 0.3 is 5.63 Å². The molecule has 0 unspecified atom stereocenters. The molecule has 0 fully saturated rings. The lowest BCUT2D eigenvalue weighted by Gasteiger charge is -2.21. The summed E-state index contributed by atoms with van der Waals surface area (Å²) >= 11 is 0. The van der Waals surface area contributed by atoms with E-state index >= 15 is 0 Å². The van der Waals surface area contributed by atoms with E-state index in [9.17, 15) is 9.59 Å². The molecule has 2 rings (SSSR count). The Morgan fingerprint density at radius 2 is 1.96 bits per heavy atom. The van der Waals surface area contributed by atoms with Gasteiger partial charge in [0.2, 0.25) is 5.91 Å². The molecule has 0 bridgehead atoms. The van der Waals surface area contributed by atoms with Crippen molar-refractivity contribution in [2.24, 2.45) is 0 Å². The summed E-state index contributed by atoms with van der Waals surface area (Å²) in [4.78, 5) is 25.4. The first-order valence-corrected chi connectivity index (χ1v) is 8.03. The molecule has 0 atom stereocenters. The van der Waals surface area contributed by atoms with E-state index in [4.69, 9.17) is 4.42 Å². The first kappa shape index (κ1) is 17.1. The summed E-state index contributed by atoms with van der Waals surface area (Å²) in [6.07, 6.45) is 0.474. The van der Waals surface area contributed by atoms with Crippen LogP contribution in [0.1, 0.15) is 31.9 Å². The maximum atomic E-state index is 12.3. The fourth-order valence-electron chi connectivity index (χ4n) is 2.82. The first-order valence-electron chi connectivity index (χ1n) is 8.03.